The molecule has 2 heterocycles. The van der Waals surface area contributed by atoms with Crippen LogP contribution in [0.1, 0.15) is 28.5 Å². The summed E-state index contributed by atoms with van der Waals surface area (Å²) in [5.74, 6) is -0.827. The van der Waals surface area contributed by atoms with Gasteiger partial charge in [-0.05, 0) is 30.7 Å². The number of rotatable bonds is 3. The molecule has 1 saturated heterocycles. The molecule has 4 rings (SSSR count). The van der Waals surface area contributed by atoms with Crippen LogP contribution in [-0.4, -0.2) is 46.7 Å². The molecule has 0 unspecified atom stereocenters. The summed E-state index contributed by atoms with van der Waals surface area (Å²) in [4.78, 5) is 26.5. The van der Waals surface area contributed by atoms with Gasteiger partial charge >= 0.3 is 0 Å². The third-order valence-corrected chi connectivity index (χ3v) is 5.17. The van der Waals surface area contributed by atoms with Crippen LogP contribution >= 0.6 is 0 Å². The van der Waals surface area contributed by atoms with E-state index in [0.29, 0.717) is 37.1 Å². The fraction of sp³-hybridized carbons (Fsp3) is 0.286. The van der Waals surface area contributed by atoms with Crippen LogP contribution in [0.5, 0.6) is 0 Å². The second kappa shape index (κ2) is 7.52. The van der Waals surface area contributed by atoms with E-state index in [2.05, 4.69) is 15.5 Å². The summed E-state index contributed by atoms with van der Waals surface area (Å²) in [6, 6.07) is 11.8. The third kappa shape index (κ3) is 3.41. The first kappa shape index (κ1) is 18.3. The van der Waals surface area contributed by atoms with Crippen LogP contribution < -0.4 is 10.9 Å². The Bertz CT molecular complexity index is 1100. The molecular weight excluding hydrogens is 359 g/mol. The van der Waals surface area contributed by atoms with Gasteiger partial charge in [-0.1, -0.05) is 24.3 Å². The van der Waals surface area contributed by atoms with Gasteiger partial charge in [-0.3, -0.25) is 9.59 Å². The summed E-state index contributed by atoms with van der Waals surface area (Å²) < 4.78 is 14.4. The molecule has 1 aromatic heterocycles. The number of aromatic amines is 1. The van der Waals surface area contributed by atoms with Gasteiger partial charge in [-0.2, -0.15) is 5.10 Å². The van der Waals surface area contributed by atoms with Crippen molar-refractivity contribution < 1.29 is 9.18 Å². The number of benzene rings is 2. The SMILES string of the molecule is C[C@@H]1CNCCN1C(=O)c1cc(Cc2n[nH]c(=O)c3ccccc23)ccc1F. The van der Waals surface area contributed by atoms with Gasteiger partial charge in [0.1, 0.15) is 5.82 Å². The Labute approximate surface area is 161 Å². The number of aromatic nitrogens is 2. The average Bonchev–Trinajstić information content (AvgIpc) is 2.71. The third-order valence-electron chi connectivity index (χ3n) is 5.17. The van der Waals surface area contributed by atoms with Crippen LogP contribution in [-0.2, 0) is 6.42 Å². The quantitative estimate of drug-likeness (QED) is 0.729. The number of carbonyl (C=O) groups is 1. The number of hydrogen-bond acceptors (Lipinski definition) is 4. The van der Waals surface area contributed by atoms with E-state index in [0.717, 1.165) is 10.9 Å². The Morgan fingerprint density at radius 2 is 2.04 bits per heavy atom. The highest BCUT2D eigenvalue weighted by atomic mass is 19.1. The number of carbonyl (C=O) groups excluding carboxylic acids is 1. The number of H-pyrrole nitrogens is 1. The zero-order valence-corrected chi connectivity index (χ0v) is 15.5. The fourth-order valence-corrected chi connectivity index (χ4v) is 3.64. The molecule has 2 N–H and O–H groups in total. The molecule has 0 bridgehead atoms. The number of nitrogens with one attached hydrogen (secondary N) is 2. The highest BCUT2D eigenvalue weighted by Crippen LogP contribution is 2.20. The Kier molecular flexibility index (Phi) is 4.92. The first-order chi connectivity index (χ1) is 13.5. The molecule has 1 fully saturated rings. The molecule has 1 aliphatic heterocycles. The molecule has 0 radical (unpaired) electrons. The fourth-order valence-electron chi connectivity index (χ4n) is 3.64. The highest BCUT2D eigenvalue weighted by molar-refractivity contribution is 5.95. The topological polar surface area (TPSA) is 78.1 Å². The molecule has 144 valence electrons. The van der Waals surface area contributed by atoms with Gasteiger partial charge in [-0.15, -0.1) is 0 Å². The summed E-state index contributed by atoms with van der Waals surface area (Å²) in [5.41, 5.74) is 1.26. The van der Waals surface area contributed by atoms with E-state index in [-0.39, 0.29) is 23.1 Å². The molecular formula is C21H21FN4O2. The maximum absolute atomic E-state index is 14.4. The van der Waals surface area contributed by atoms with Crippen molar-refractivity contribution in [3.05, 3.63) is 75.5 Å². The van der Waals surface area contributed by atoms with Gasteiger partial charge in [0.25, 0.3) is 11.5 Å². The van der Waals surface area contributed by atoms with Gasteiger partial charge in [-0.25, -0.2) is 9.49 Å². The van der Waals surface area contributed by atoms with Crippen molar-refractivity contribution in [1.82, 2.24) is 20.4 Å². The molecule has 0 spiro atoms. The first-order valence-electron chi connectivity index (χ1n) is 9.31. The number of amides is 1. The van der Waals surface area contributed by atoms with Crippen LogP contribution in [0.3, 0.4) is 0 Å². The van der Waals surface area contributed by atoms with E-state index < -0.39 is 5.82 Å². The second-order valence-corrected chi connectivity index (χ2v) is 7.09. The Hall–Kier alpha value is -3.06. The van der Waals surface area contributed by atoms with Crippen LogP contribution in [0, 0.1) is 5.82 Å². The Morgan fingerprint density at radius 3 is 2.82 bits per heavy atom. The van der Waals surface area contributed by atoms with Crippen molar-refractivity contribution in [3.8, 4) is 0 Å². The van der Waals surface area contributed by atoms with E-state index in [1.54, 1.807) is 29.2 Å². The minimum Gasteiger partial charge on any atom is -0.333 e. The van der Waals surface area contributed by atoms with Crippen molar-refractivity contribution in [2.75, 3.05) is 19.6 Å². The average molecular weight is 380 g/mol. The molecule has 0 aliphatic carbocycles. The maximum atomic E-state index is 14.4. The number of hydrogen-bond donors (Lipinski definition) is 2. The van der Waals surface area contributed by atoms with E-state index in [1.807, 2.05) is 19.1 Å². The van der Waals surface area contributed by atoms with Crippen molar-refractivity contribution in [2.24, 2.45) is 0 Å². The second-order valence-electron chi connectivity index (χ2n) is 7.09. The van der Waals surface area contributed by atoms with Gasteiger partial charge < -0.3 is 10.2 Å². The zero-order chi connectivity index (χ0) is 19.7. The van der Waals surface area contributed by atoms with Crippen LogP contribution in [0.25, 0.3) is 10.8 Å². The molecule has 1 aliphatic rings. The van der Waals surface area contributed by atoms with E-state index in [9.17, 15) is 14.0 Å². The van der Waals surface area contributed by atoms with Crippen molar-refractivity contribution in [2.45, 2.75) is 19.4 Å². The molecule has 1 amide bonds. The molecule has 3 aromatic rings. The zero-order valence-electron chi connectivity index (χ0n) is 15.5. The lowest BCUT2D eigenvalue weighted by atomic mass is 10.0. The lowest BCUT2D eigenvalue weighted by Gasteiger charge is -2.34. The van der Waals surface area contributed by atoms with Gasteiger partial charge in [0.2, 0.25) is 0 Å². The van der Waals surface area contributed by atoms with Crippen LogP contribution in [0.2, 0.25) is 0 Å². The smallest absolute Gasteiger partial charge is 0.272 e. The number of nitrogens with zero attached hydrogens (tertiary/aromatic N) is 2. The summed E-state index contributed by atoms with van der Waals surface area (Å²) in [7, 11) is 0. The van der Waals surface area contributed by atoms with Crippen molar-refractivity contribution in [1.29, 1.82) is 0 Å². The van der Waals surface area contributed by atoms with Gasteiger partial charge in [0.15, 0.2) is 0 Å². The monoisotopic (exact) mass is 380 g/mol. The lowest BCUT2D eigenvalue weighted by Crippen LogP contribution is -2.52. The highest BCUT2D eigenvalue weighted by Gasteiger charge is 2.26. The van der Waals surface area contributed by atoms with Crippen molar-refractivity contribution in [3.63, 3.8) is 0 Å². The molecule has 6 nitrogen and oxygen atoms in total. The van der Waals surface area contributed by atoms with Gasteiger partial charge in [0.05, 0.1) is 16.6 Å². The van der Waals surface area contributed by atoms with Crippen LogP contribution in [0.15, 0.2) is 47.3 Å². The lowest BCUT2D eigenvalue weighted by molar-refractivity contribution is 0.0651. The molecule has 1 atom stereocenters. The van der Waals surface area contributed by atoms with E-state index in [4.69, 9.17) is 0 Å². The number of halogens is 1. The Balaban J connectivity index is 1.67. The predicted octanol–water partition coefficient (Wildman–Crippen LogP) is 2.09. The minimum absolute atomic E-state index is 0.00844. The number of fused-ring (bicyclic) bond motifs is 1. The summed E-state index contributed by atoms with van der Waals surface area (Å²) in [6.45, 7) is 3.89. The molecule has 7 heteroatoms. The first-order valence-corrected chi connectivity index (χ1v) is 9.31. The molecule has 0 saturated carbocycles. The minimum atomic E-state index is -0.529. The number of piperazine rings is 1. The predicted molar refractivity (Wildman–Crippen MR) is 105 cm³/mol. The summed E-state index contributed by atoms with van der Waals surface area (Å²) in [5, 5.41) is 11.2. The largest absolute Gasteiger partial charge is 0.333 e. The summed E-state index contributed by atoms with van der Waals surface area (Å²) >= 11 is 0. The summed E-state index contributed by atoms with van der Waals surface area (Å²) in [6.07, 6.45) is 0.384. The van der Waals surface area contributed by atoms with Crippen molar-refractivity contribution >= 4 is 16.7 Å². The van der Waals surface area contributed by atoms with E-state index in [1.165, 1.54) is 6.07 Å². The van der Waals surface area contributed by atoms with Crippen LogP contribution in [0.4, 0.5) is 4.39 Å². The normalized spacial score (nSPS) is 17.1. The standard InChI is InChI=1S/C21H21FN4O2/c1-13-12-23-8-9-26(13)21(28)17-10-14(6-7-18(17)22)11-19-15-4-2-3-5-16(15)20(27)25-24-19/h2-7,10,13,23H,8-9,11-12H2,1H3,(H,25,27)/t13-/m1/s1. The Morgan fingerprint density at radius 1 is 1.25 bits per heavy atom. The maximum Gasteiger partial charge on any atom is 0.272 e. The molecule has 28 heavy (non-hydrogen) atoms. The van der Waals surface area contributed by atoms with E-state index >= 15 is 0 Å². The van der Waals surface area contributed by atoms with Gasteiger partial charge in [0, 0.05) is 37.5 Å². The molecule has 2 aromatic carbocycles.